The Kier molecular flexibility index (Phi) is 3.73. The molecule has 0 amide bonds. The molecule has 94 valence electrons. The third-order valence-corrected chi connectivity index (χ3v) is 2.88. The first-order chi connectivity index (χ1) is 8.80. The van der Waals surface area contributed by atoms with Gasteiger partial charge in [-0.1, -0.05) is 0 Å². The molecule has 0 unspecified atom stereocenters. The normalized spacial score (nSPS) is 15.5. The Morgan fingerprint density at radius 3 is 2.94 bits per heavy atom. The number of rotatable bonds is 3. The van der Waals surface area contributed by atoms with Crippen molar-refractivity contribution in [3.05, 3.63) is 40.9 Å². The molecule has 0 fully saturated rings. The van der Waals surface area contributed by atoms with Crippen LogP contribution in [0.4, 0.5) is 0 Å². The predicted molar refractivity (Wildman–Crippen MR) is 70.4 cm³/mol. The van der Waals surface area contributed by atoms with Gasteiger partial charge in [0, 0.05) is 12.2 Å². The van der Waals surface area contributed by atoms with Crippen LogP contribution < -0.4 is 14.8 Å². The molecule has 0 atom stereocenters. The first kappa shape index (κ1) is 12.3. The second-order valence-electron chi connectivity index (χ2n) is 3.94. The lowest BCUT2D eigenvalue weighted by molar-refractivity contribution is 0.310. The van der Waals surface area contributed by atoms with E-state index in [1.54, 1.807) is 7.11 Å². The van der Waals surface area contributed by atoms with Gasteiger partial charge in [-0.2, -0.15) is 0 Å². The Hall–Kier alpha value is -2.15. The smallest absolute Gasteiger partial charge is 0.177 e. The van der Waals surface area contributed by atoms with Crippen LogP contribution in [0.2, 0.25) is 0 Å². The van der Waals surface area contributed by atoms with Crippen LogP contribution >= 0.6 is 0 Å². The minimum atomic E-state index is 0.609. The summed E-state index contributed by atoms with van der Waals surface area (Å²) in [4.78, 5) is 3.33. The molecular weight excluding hydrogens is 228 g/mol. The van der Waals surface area contributed by atoms with Gasteiger partial charge in [-0.15, -0.1) is 0 Å². The summed E-state index contributed by atoms with van der Waals surface area (Å²) in [6.45, 7) is 10.3. The molecule has 1 aromatic rings. The molecule has 0 radical (unpaired) electrons. The second-order valence-corrected chi connectivity index (χ2v) is 3.94. The monoisotopic (exact) mass is 244 g/mol. The zero-order valence-electron chi connectivity index (χ0n) is 10.6. The van der Waals surface area contributed by atoms with E-state index in [2.05, 4.69) is 10.2 Å². The summed E-state index contributed by atoms with van der Waals surface area (Å²) in [7, 11) is 1.62. The molecule has 0 aromatic heterocycles. The molecule has 0 spiro atoms. The average Bonchev–Trinajstić information content (AvgIpc) is 2.39. The van der Waals surface area contributed by atoms with Gasteiger partial charge in [0.1, 0.15) is 0 Å². The Balaban J connectivity index is 2.50. The van der Waals surface area contributed by atoms with Crippen LogP contribution in [0, 0.1) is 6.57 Å². The summed E-state index contributed by atoms with van der Waals surface area (Å²) in [5.74, 6) is 1.47. The van der Waals surface area contributed by atoms with Crippen molar-refractivity contribution in [2.45, 2.75) is 13.3 Å². The standard InChI is InChI=1S/C14H16N2O2/c1-4-18-14-7-10-5-6-16-12(9-15-2)11(10)8-13(14)17-3/h7-9,16H,4-6H2,1,3H3/b12-9-. The number of hydrogen-bond acceptors (Lipinski definition) is 3. The van der Waals surface area contributed by atoms with Crippen molar-refractivity contribution in [3.63, 3.8) is 0 Å². The van der Waals surface area contributed by atoms with Crippen molar-refractivity contribution in [2.24, 2.45) is 0 Å². The van der Waals surface area contributed by atoms with Crippen molar-refractivity contribution in [1.29, 1.82) is 0 Å². The van der Waals surface area contributed by atoms with E-state index in [1.807, 2.05) is 19.1 Å². The van der Waals surface area contributed by atoms with Gasteiger partial charge in [-0.3, -0.25) is 0 Å². The van der Waals surface area contributed by atoms with Gasteiger partial charge in [0.2, 0.25) is 0 Å². The zero-order valence-corrected chi connectivity index (χ0v) is 10.6. The summed E-state index contributed by atoms with van der Waals surface area (Å²) in [5.41, 5.74) is 3.07. The molecule has 0 bridgehead atoms. The van der Waals surface area contributed by atoms with E-state index in [-0.39, 0.29) is 0 Å². The molecule has 4 nitrogen and oxygen atoms in total. The molecule has 1 aliphatic rings. The molecule has 1 aromatic carbocycles. The quantitative estimate of drug-likeness (QED) is 0.829. The van der Waals surface area contributed by atoms with Gasteiger partial charge in [0.25, 0.3) is 0 Å². The predicted octanol–water partition coefficient (Wildman–Crippen LogP) is 2.46. The lowest BCUT2D eigenvalue weighted by Crippen LogP contribution is -2.22. The highest BCUT2D eigenvalue weighted by Crippen LogP contribution is 2.35. The van der Waals surface area contributed by atoms with Crippen LogP contribution in [0.15, 0.2) is 18.3 Å². The van der Waals surface area contributed by atoms with E-state index in [0.29, 0.717) is 12.4 Å². The molecule has 0 aliphatic carbocycles. The lowest BCUT2D eigenvalue weighted by atomic mass is 9.97. The highest BCUT2D eigenvalue weighted by atomic mass is 16.5. The maximum absolute atomic E-state index is 6.94. The maximum Gasteiger partial charge on any atom is 0.177 e. The molecule has 0 saturated heterocycles. The summed E-state index contributed by atoms with van der Waals surface area (Å²) < 4.78 is 10.9. The number of nitrogens with zero attached hydrogens (tertiary/aromatic N) is 1. The largest absolute Gasteiger partial charge is 0.493 e. The number of hydrogen-bond donors (Lipinski definition) is 1. The number of ether oxygens (including phenoxy) is 2. The Bertz CT molecular complexity index is 515. The number of benzene rings is 1. The minimum Gasteiger partial charge on any atom is -0.493 e. The van der Waals surface area contributed by atoms with Crippen LogP contribution in [0.5, 0.6) is 11.5 Å². The highest BCUT2D eigenvalue weighted by molar-refractivity contribution is 5.72. The van der Waals surface area contributed by atoms with E-state index >= 15 is 0 Å². The van der Waals surface area contributed by atoms with E-state index < -0.39 is 0 Å². The maximum atomic E-state index is 6.94. The SMILES string of the molecule is [C-]#[N+]/C=C1\NCCc2cc(OCC)c(OC)cc21. The molecule has 2 rings (SSSR count). The Morgan fingerprint density at radius 1 is 1.44 bits per heavy atom. The molecule has 1 heterocycles. The fourth-order valence-electron chi connectivity index (χ4n) is 2.09. The van der Waals surface area contributed by atoms with Gasteiger partial charge in [0.15, 0.2) is 17.7 Å². The van der Waals surface area contributed by atoms with Crippen LogP contribution in [0.3, 0.4) is 0 Å². The van der Waals surface area contributed by atoms with Crippen LogP contribution in [-0.4, -0.2) is 20.3 Å². The van der Waals surface area contributed by atoms with Crippen LogP contribution in [-0.2, 0) is 6.42 Å². The third-order valence-electron chi connectivity index (χ3n) is 2.88. The highest BCUT2D eigenvalue weighted by Gasteiger charge is 2.17. The van der Waals surface area contributed by atoms with Gasteiger partial charge in [0.05, 0.1) is 20.3 Å². The molecule has 1 aliphatic heterocycles. The Labute approximate surface area is 107 Å². The van der Waals surface area contributed by atoms with Gasteiger partial charge in [-0.25, -0.2) is 4.85 Å². The summed E-state index contributed by atoms with van der Waals surface area (Å²) in [6.07, 6.45) is 2.44. The zero-order chi connectivity index (χ0) is 13.0. The van der Waals surface area contributed by atoms with E-state index in [1.165, 1.54) is 11.8 Å². The van der Waals surface area contributed by atoms with E-state index in [4.69, 9.17) is 16.0 Å². The van der Waals surface area contributed by atoms with Crippen molar-refractivity contribution >= 4 is 5.70 Å². The fourth-order valence-corrected chi connectivity index (χ4v) is 2.09. The lowest BCUT2D eigenvalue weighted by Gasteiger charge is -2.23. The van der Waals surface area contributed by atoms with Gasteiger partial charge >= 0.3 is 0 Å². The topological polar surface area (TPSA) is 34.9 Å². The Morgan fingerprint density at radius 2 is 2.28 bits per heavy atom. The molecular formula is C14H16N2O2. The van der Waals surface area contributed by atoms with E-state index in [9.17, 15) is 0 Å². The number of fused-ring (bicyclic) bond motifs is 1. The van der Waals surface area contributed by atoms with Crippen molar-refractivity contribution in [3.8, 4) is 11.5 Å². The molecule has 1 N–H and O–H groups in total. The minimum absolute atomic E-state index is 0.609. The summed E-state index contributed by atoms with van der Waals surface area (Å²) in [5, 5.41) is 3.23. The van der Waals surface area contributed by atoms with Crippen LogP contribution in [0.25, 0.3) is 10.5 Å². The van der Waals surface area contributed by atoms with E-state index in [0.717, 1.165) is 30.0 Å². The fraction of sp³-hybridized carbons (Fsp3) is 0.357. The first-order valence-electron chi connectivity index (χ1n) is 5.94. The number of methoxy groups -OCH3 is 1. The second kappa shape index (κ2) is 5.46. The average molecular weight is 244 g/mol. The molecule has 4 heteroatoms. The first-order valence-corrected chi connectivity index (χ1v) is 5.94. The van der Waals surface area contributed by atoms with Crippen molar-refractivity contribution in [1.82, 2.24) is 5.32 Å². The van der Waals surface area contributed by atoms with Crippen molar-refractivity contribution in [2.75, 3.05) is 20.3 Å². The molecule has 0 saturated carbocycles. The number of nitrogens with one attached hydrogen (secondary N) is 1. The van der Waals surface area contributed by atoms with Crippen LogP contribution in [0.1, 0.15) is 18.1 Å². The third kappa shape index (κ3) is 2.25. The summed E-state index contributed by atoms with van der Waals surface area (Å²) in [6, 6.07) is 3.94. The summed E-state index contributed by atoms with van der Waals surface area (Å²) >= 11 is 0. The van der Waals surface area contributed by atoms with Gasteiger partial charge in [-0.05, 0) is 36.6 Å². The van der Waals surface area contributed by atoms with Crippen molar-refractivity contribution < 1.29 is 9.47 Å². The molecule has 18 heavy (non-hydrogen) atoms. The van der Waals surface area contributed by atoms with Gasteiger partial charge < -0.3 is 14.8 Å².